The molecule has 1 unspecified atom stereocenters. The predicted molar refractivity (Wildman–Crippen MR) is 98.8 cm³/mol. The third-order valence-electron chi connectivity index (χ3n) is 4.45. The second-order valence-electron chi connectivity index (χ2n) is 6.16. The molecular formula is C18H20N4OS. The number of fused-ring (bicyclic) bond motifs is 1. The minimum atomic E-state index is -0.109. The number of anilines is 1. The average Bonchev–Trinajstić information content (AvgIpc) is 3.04. The number of piperidine rings is 1. The second-order valence-corrected chi connectivity index (χ2v) is 7.33. The number of rotatable bonds is 4. The highest BCUT2D eigenvalue weighted by Crippen LogP contribution is 2.25. The SMILES string of the molecule is O=c1[nH]ccnc1N1CCCC(NCc2cc3ccccc3s2)C1. The van der Waals surface area contributed by atoms with Crippen molar-refractivity contribution in [1.82, 2.24) is 15.3 Å². The maximum Gasteiger partial charge on any atom is 0.290 e. The van der Waals surface area contributed by atoms with Crippen molar-refractivity contribution in [3.8, 4) is 0 Å². The maximum absolute atomic E-state index is 11.9. The van der Waals surface area contributed by atoms with Crippen molar-refractivity contribution in [3.63, 3.8) is 0 Å². The van der Waals surface area contributed by atoms with Crippen LogP contribution in [0.15, 0.2) is 47.5 Å². The van der Waals surface area contributed by atoms with Gasteiger partial charge in [-0.2, -0.15) is 0 Å². The molecule has 1 aliphatic rings. The lowest BCUT2D eigenvalue weighted by Crippen LogP contribution is -2.47. The zero-order chi connectivity index (χ0) is 16.4. The van der Waals surface area contributed by atoms with E-state index in [1.165, 1.54) is 15.0 Å². The highest BCUT2D eigenvalue weighted by molar-refractivity contribution is 7.19. The molecule has 3 aromatic rings. The summed E-state index contributed by atoms with van der Waals surface area (Å²) in [7, 11) is 0. The number of aromatic nitrogens is 2. The number of hydrogen-bond donors (Lipinski definition) is 2. The van der Waals surface area contributed by atoms with Gasteiger partial charge in [-0.15, -0.1) is 11.3 Å². The van der Waals surface area contributed by atoms with E-state index in [0.29, 0.717) is 11.9 Å². The molecule has 1 fully saturated rings. The highest BCUT2D eigenvalue weighted by atomic mass is 32.1. The van der Waals surface area contributed by atoms with Crippen molar-refractivity contribution in [1.29, 1.82) is 0 Å². The highest BCUT2D eigenvalue weighted by Gasteiger charge is 2.22. The van der Waals surface area contributed by atoms with Crippen molar-refractivity contribution in [3.05, 3.63) is 58.0 Å². The van der Waals surface area contributed by atoms with Gasteiger partial charge in [0, 0.05) is 47.6 Å². The number of nitrogens with zero attached hydrogens (tertiary/aromatic N) is 2. The quantitative estimate of drug-likeness (QED) is 0.767. The van der Waals surface area contributed by atoms with Gasteiger partial charge in [0.05, 0.1) is 0 Å². The van der Waals surface area contributed by atoms with Crippen LogP contribution in [0, 0.1) is 0 Å². The van der Waals surface area contributed by atoms with E-state index in [-0.39, 0.29) is 5.56 Å². The van der Waals surface area contributed by atoms with Crippen LogP contribution in [0.2, 0.25) is 0 Å². The molecule has 0 aliphatic carbocycles. The van der Waals surface area contributed by atoms with Crippen molar-refractivity contribution in [2.75, 3.05) is 18.0 Å². The minimum Gasteiger partial charge on any atom is -0.350 e. The summed E-state index contributed by atoms with van der Waals surface area (Å²) < 4.78 is 1.33. The molecule has 1 atom stereocenters. The summed E-state index contributed by atoms with van der Waals surface area (Å²) in [5.41, 5.74) is -0.109. The van der Waals surface area contributed by atoms with Crippen LogP contribution in [-0.4, -0.2) is 29.1 Å². The topological polar surface area (TPSA) is 61.0 Å². The van der Waals surface area contributed by atoms with Crippen molar-refractivity contribution < 1.29 is 0 Å². The van der Waals surface area contributed by atoms with E-state index in [4.69, 9.17) is 0 Å². The lowest BCUT2D eigenvalue weighted by atomic mass is 10.1. The van der Waals surface area contributed by atoms with Crippen LogP contribution in [-0.2, 0) is 6.54 Å². The molecule has 2 N–H and O–H groups in total. The van der Waals surface area contributed by atoms with Crippen molar-refractivity contribution in [2.45, 2.75) is 25.4 Å². The Labute approximate surface area is 144 Å². The summed E-state index contributed by atoms with van der Waals surface area (Å²) in [6.45, 7) is 2.59. The first-order chi connectivity index (χ1) is 11.8. The number of nitrogens with one attached hydrogen (secondary N) is 2. The lowest BCUT2D eigenvalue weighted by Gasteiger charge is -2.33. The van der Waals surface area contributed by atoms with Crippen LogP contribution in [0.5, 0.6) is 0 Å². The molecule has 1 saturated heterocycles. The standard InChI is InChI=1S/C18H20N4OS/c23-18-17(19-7-8-20-18)22-9-3-5-14(12-22)21-11-15-10-13-4-1-2-6-16(13)24-15/h1-2,4,6-8,10,14,21H,3,5,9,11-12H2,(H,20,23). The Bertz CT molecular complexity index is 855. The van der Waals surface area contributed by atoms with E-state index >= 15 is 0 Å². The zero-order valence-corrected chi connectivity index (χ0v) is 14.2. The van der Waals surface area contributed by atoms with Crippen molar-refractivity contribution >= 4 is 27.2 Å². The number of hydrogen-bond acceptors (Lipinski definition) is 5. The number of aromatic amines is 1. The summed E-state index contributed by atoms with van der Waals surface area (Å²) in [6, 6.07) is 11.1. The Morgan fingerprint density at radius 3 is 3.17 bits per heavy atom. The van der Waals surface area contributed by atoms with Gasteiger partial charge < -0.3 is 15.2 Å². The van der Waals surface area contributed by atoms with E-state index in [9.17, 15) is 4.79 Å². The fraction of sp³-hybridized carbons (Fsp3) is 0.333. The van der Waals surface area contributed by atoms with Gasteiger partial charge >= 0.3 is 0 Å². The van der Waals surface area contributed by atoms with E-state index in [1.54, 1.807) is 12.4 Å². The van der Waals surface area contributed by atoms with Gasteiger partial charge in [-0.3, -0.25) is 4.79 Å². The second kappa shape index (κ2) is 6.75. The molecule has 5 nitrogen and oxygen atoms in total. The molecule has 3 heterocycles. The Morgan fingerprint density at radius 1 is 1.38 bits per heavy atom. The Hall–Kier alpha value is -2.18. The van der Waals surface area contributed by atoms with E-state index in [2.05, 4.69) is 50.5 Å². The molecule has 1 aromatic carbocycles. The third-order valence-corrected chi connectivity index (χ3v) is 5.57. The first kappa shape index (κ1) is 15.4. The summed E-state index contributed by atoms with van der Waals surface area (Å²) in [5.74, 6) is 0.533. The molecule has 0 radical (unpaired) electrons. The summed E-state index contributed by atoms with van der Waals surface area (Å²) in [4.78, 5) is 22.3. The summed E-state index contributed by atoms with van der Waals surface area (Å²) >= 11 is 1.84. The normalized spacial score (nSPS) is 18.2. The molecular weight excluding hydrogens is 320 g/mol. The first-order valence-corrected chi connectivity index (χ1v) is 9.11. The molecule has 1 aliphatic heterocycles. The Kier molecular flexibility index (Phi) is 4.32. The largest absolute Gasteiger partial charge is 0.350 e. The fourth-order valence-electron chi connectivity index (χ4n) is 3.27. The predicted octanol–water partition coefficient (Wildman–Crippen LogP) is 2.74. The maximum atomic E-state index is 11.9. The fourth-order valence-corrected chi connectivity index (χ4v) is 4.29. The molecule has 24 heavy (non-hydrogen) atoms. The first-order valence-electron chi connectivity index (χ1n) is 8.29. The monoisotopic (exact) mass is 340 g/mol. The number of H-pyrrole nitrogens is 1. The third kappa shape index (κ3) is 3.20. The van der Waals surface area contributed by atoms with Crippen LogP contribution >= 0.6 is 11.3 Å². The Morgan fingerprint density at radius 2 is 2.29 bits per heavy atom. The number of benzene rings is 1. The molecule has 6 heteroatoms. The van der Waals surface area contributed by atoms with Gasteiger partial charge in [0.2, 0.25) is 0 Å². The van der Waals surface area contributed by atoms with Gasteiger partial charge in [-0.25, -0.2) is 4.98 Å². The van der Waals surface area contributed by atoms with Crippen LogP contribution in [0.1, 0.15) is 17.7 Å². The summed E-state index contributed by atoms with van der Waals surface area (Å²) in [5, 5.41) is 4.96. The van der Waals surface area contributed by atoms with E-state index in [0.717, 1.165) is 32.5 Å². The van der Waals surface area contributed by atoms with Crippen LogP contribution in [0.25, 0.3) is 10.1 Å². The van der Waals surface area contributed by atoms with Gasteiger partial charge in [-0.05, 0) is 30.4 Å². The minimum absolute atomic E-state index is 0.109. The molecule has 4 rings (SSSR count). The Balaban J connectivity index is 1.41. The van der Waals surface area contributed by atoms with Gasteiger partial charge in [0.25, 0.3) is 5.56 Å². The smallest absolute Gasteiger partial charge is 0.290 e. The van der Waals surface area contributed by atoms with Crippen molar-refractivity contribution in [2.24, 2.45) is 0 Å². The van der Waals surface area contributed by atoms with Gasteiger partial charge in [0.15, 0.2) is 5.82 Å². The summed E-state index contributed by atoms with van der Waals surface area (Å²) in [6.07, 6.45) is 5.42. The van der Waals surface area contributed by atoms with Crippen LogP contribution in [0.3, 0.4) is 0 Å². The molecule has 0 spiro atoms. The molecule has 0 amide bonds. The molecule has 0 saturated carbocycles. The lowest BCUT2D eigenvalue weighted by molar-refractivity contribution is 0.420. The average molecular weight is 340 g/mol. The molecule has 2 aromatic heterocycles. The van der Waals surface area contributed by atoms with E-state index < -0.39 is 0 Å². The van der Waals surface area contributed by atoms with Crippen LogP contribution in [0.4, 0.5) is 5.82 Å². The van der Waals surface area contributed by atoms with Gasteiger partial charge in [0.1, 0.15) is 0 Å². The zero-order valence-electron chi connectivity index (χ0n) is 13.4. The van der Waals surface area contributed by atoms with E-state index in [1.807, 2.05) is 11.3 Å². The number of thiophene rings is 1. The van der Waals surface area contributed by atoms with Crippen LogP contribution < -0.4 is 15.8 Å². The molecule has 124 valence electrons. The molecule has 0 bridgehead atoms. The van der Waals surface area contributed by atoms with Gasteiger partial charge in [-0.1, -0.05) is 18.2 Å².